The molecule has 1 fully saturated rings. The fourth-order valence-corrected chi connectivity index (χ4v) is 3.11. The van der Waals surface area contributed by atoms with Crippen LogP contribution in [0.2, 0.25) is 0 Å². The summed E-state index contributed by atoms with van der Waals surface area (Å²) in [5, 5.41) is 0. The van der Waals surface area contributed by atoms with Crippen molar-refractivity contribution in [2.24, 2.45) is 17.6 Å². The second-order valence-corrected chi connectivity index (χ2v) is 6.25. The molecule has 108 valence electrons. The molecule has 2 N–H and O–H groups in total. The third-order valence-corrected chi connectivity index (χ3v) is 4.52. The van der Waals surface area contributed by atoms with E-state index in [2.05, 4.69) is 31.7 Å². The Kier molecular flexibility index (Phi) is 4.69. The number of rotatable bonds is 5. The third-order valence-electron chi connectivity index (χ3n) is 4.52. The Morgan fingerprint density at radius 1 is 1.42 bits per heavy atom. The SMILES string of the molecule is CCC(N)C(c1ccc(C)o1)N1CCC(C(C)C)C1. The number of furan rings is 1. The summed E-state index contributed by atoms with van der Waals surface area (Å²) in [4.78, 5) is 2.52. The highest BCUT2D eigenvalue weighted by Crippen LogP contribution is 2.33. The maximum Gasteiger partial charge on any atom is 0.122 e. The Morgan fingerprint density at radius 2 is 2.16 bits per heavy atom. The Bertz CT molecular complexity index is 399. The van der Waals surface area contributed by atoms with Crippen LogP contribution < -0.4 is 5.73 Å². The molecule has 1 aliphatic heterocycles. The molecule has 19 heavy (non-hydrogen) atoms. The molecule has 0 spiro atoms. The van der Waals surface area contributed by atoms with E-state index in [9.17, 15) is 0 Å². The molecule has 3 unspecified atom stereocenters. The molecule has 2 heterocycles. The molecule has 0 aromatic carbocycles. The van der Waals surface area contributed by atoms with E-state index in [4.69, 9.17) is 10.2 Å². The van der Waals surface area contributed by atoms with Gasteiger partial charge in [-0.15, -0.1) is 0 Å². The smallest absolute Gasteiger partial charge is 0.122 e. The van der Waals surface area contributed by atoms with E-state index < -0.39 is 0 Å². The van der Waals surface area contributed by atoms with Crippen LogP contribution >= 0.6 is 0 Å². The van der Waals surface area contributed by atoms with Gasteiger partial charge in [-0.1, -0.05) is 20.8 Å². The van der Waals surface area contributed by atoms with E-state index in [0.29, 0.717) is 0 Å². The van der Waals surface area contributed by atoms with Gasteiger partial charge in [0, 0.05) is 12.6 Å². The summed E-state index contributed by atoms with van der Waals surface area (Å²) in [5.41, 5.74) is 6.36. The standard InChI is InChI=1S/C16H28N2O/c1-5-14(17)16(15-7-6-12(4)19-15)18-9-8-13(10-18)11(2)3/h6-7,11,13-14,16H,5,8-10,17H2,1-4H3. The van der Waals surface area contributed by atoms with Crippen molar-refractivity contribution in [2.45, 2.75) is 52.6 Å². The fourth-order valence-electron chi connectivity index (χ4n) is 3.11. The van der Waals surface area contributed by atoms with Crippen LogP contribution in [0.15, 0.2) is 16.5 Å². The monoisotopic (exact) mass is 264 g/mol. The predicted octanol–water partition coefficient (Wildman–Crippen LogP) is 3.34. The minimum atomic E-state index is 0.150. The first-order chi connectivity index (χ1) is 9.02. The van der Waals surface area contributed by atoms with Gasteiger partial charge in [0.2, 0.25) is 0 Å². The van der Waals surface area contributed by atoms with Crippen molar-refractivity contribution in [3.8, 4) is 0 Å². The zero-order chi connectivity index (χ0) is 14.0. The highest BCUT2D eigenvalue weighted by Gasteiger charge is 2.34. The third kappa shape index (κ3) is 3.21. The zero-order valence-electron chi connectivity index (χ0n) is 12.7. The molecule has 3 nitrogen and oxygen atoms in total. The highest BCUT2D eigenvalue weighted by molar-refractivity contribution is 5.12. The fraction of sp³-hybridized carbons (Fsp3) is 0.750. The Balaban J connectivity index is 2.15. The first-order valence-electron chi connectivity index (χ1n) is 7.58. The van der Waals surface area contributed by atoms with Crippen molar-refractivity contribution in [1.82, 2.24) is 4.90 Å². The minimum absolute atomic E-state index is 0.150. The lowest BCUT2D eigenvalue weighted by Crippen LogP contribution is -2.39. The first kappa shape index (κ1) is 14.6. The number of likely N-dealkylation sites (tertiary alicyclic amines) is 1. The van der Waals surface area contributed by atoms with Crippen LogP contribution in [0.4, 0.5) is 0 Å². The van der Waals surface area contributed by atoms with E-state index in [1.807, 2.05) is 13.0 Å². The summed E-state index contributed by atoms with van der Waals surface area (Å²) in [7, 11) is 0. The zero-order valence-corrected chi connectivity index (χ0v) is 12.7. The van der Waals surface area contributed by atoms with E-state index in [1.165, 1.54) is 6.42 Å². The highest BCUT2D eigenvalue weighted by atomic mass is 16.3. The lowest BCUT2D eigenvalue weighted by atomic mass is 9.95. The van der Waals surface area contributed by atoms with E-state index in [0.717, 1.165) is 42.9 Å². The van der Waals surface area contributed by atoms with Crippen LogP contribution in [0.1, 0.15) is 51.2 Å². The van der Waals surface area contributed by atoms with Crippen molar-refractivity contribution in [3.63, 3.8) is 0 Å². The molecule has 0 radical (unpaired) electrons. The van der Waals surface area contributed by atoms with Gasteiger partial charge in [-0.25, -0.2) is 0 Å². The minimum Gasteiger partial charge on any atom is -0.465 e. The Labute approximate surface area is 117 Å². The molecular formula is C16H28N2O. The first-order valence-corrected chi connectivity index (χ1v) is 7.58. The number of nitrogens with two attached hydrogens (primary N) is 1. The van der Waals surface area contributed by atoms with Crippen molar-refractivity contribution < 1.29 is 4.42 Å². The summed E-state index contributed by atoms with van der Waals surface area (Å²) in [5.74, 6) is 3.56. The van der Waals surface area contributed by atoms with E-state index in [1.54, 1.807) is 0 Å². The molecule has 3 heteroatoms. The second kappa shape index (κ2) is 6.10. The van der Waals surface area contributed by atoms with Gasteiger partial charge in [0.1, 0.15) is 11.5 Å². The second-order valence-electron chi connectivity index (χ2n) is 6.25. The normalized spacial score (nSPS) is 24.0. The summed E-state index contributed by atoms with van der Waals surface area (Å²) in [6.07, 6.45) is 2.26. The summed E-state index contributed by atoms with van der Waals surface area (Å²) >= 11 is 0. The molecule has 0 amide bonds. The van der Waals surface area contributed by atoms with Gasteiger partial charge < -0.3 is 10.2 Å². The quantitative estimate of drug-likeness (QED) is 0.887. The number of hydrogen-bond acceptors (Lipinski definition) is 3. The Hall–Kier alpha value is -0.800. The van der Waals surface area contributed by atoms with Gasteiger partial charge in [0.15, 0.2) is 0 Å². The van der Waals surface area contributed by atoms with E-state index >= 15 is 0 Å². The van der Waals surface area contributed by atoms with Crippen LogP contribution in [0.25, 0.3) is 0 Å². The number of hydrogen-bond donors (Lipinski definition) is 1. The van der Waals surface area contributed by atoms with Crippen molar-refractivity contribution in [2.75, 3.05) is 13.1 Å². The van der Waals surface area contributed by atoms with Crippen molar-refractivity contribution >= 4 is 0 Å². The maximum absolute atomic E-state index is 6.36. The van der Waals surface area contributed by atoms with Gasteiger partial charge in [-0.2, -0.15) is 0 Å². The average Bonchev–Trinajstić information content (AvgIpc) is 2.99. The lowest BCUT2D eigenvalue weighted by molar-refractivity contribution is 0.170. The molecule has 1 saturated heterocycles. The lowest BCUT2D eigenvalue weighted by Gasteiger charge is -2.31. The summed E-state index contributed by atoms with van der Waals surface area (Å²) in [6, 6.07) is 4.53. The van der Waals surface area contributed by atoms with Gasteiger partial charge in [0.05, 0.1) is 6.04 Å². The van der Waals surface area contributed by atoms with Crippen LogP contribution in [0.5, 0.6) is 0 Å². The van der Waals surface area contributed by atoms with Crippen LogP contribution in [0, 0.1) is 18.8 Å². The van der Waals surface area contributed by atoms with Gasteiger partial charge in [0.25, 0.3) is 0 Å². The van der Waals surface area contributed by atoms with Crippen LogP contribution in [-0.2, 0) is 0 Å². The summed E-state index contributed by atoms with van der Waals surface area (Å²) in [6.45, 7) is 11.1. The molecule has 0 aliphatic carbocycles. The number of aryl methyl sites for hydroxylation is 1. The molecule has 0 saturated carbocycles. The maximum atomic E-state index is 6.36. The molecule has 1 aromatic rings. The van der Waals surface area contributed by atoms with Crippen molar-refractivity contribution in [3.05, 3.63) is 23.7 Å². The van der Waals surface area contributed by atoms with Gasteiger partial charge in [-0.05, 0) is 50.3 Å². The molecule has 0 bridgehead atoms. The predicted molar refractivity (Wildman–Crippen MR) is 79.0 cm³/mol. The largest absolute Gasteiger partial charge is 0.465 e. The number of nitrogens with zero attached hydrogens (tertiary/aromatic N) is 1. The van der Waals surface area contributed by atoms with Crippen LogP contribution in [0.3, 0.4) is 0 Å². The summed E-state index contributed by atoms with van der Waals surface area (Å²) < 4.78 is 5.86. The molecule has 1 aromatic heterocycles. The molecular weight excluding hydrogens is 236 g/mol. The topological polar surface area (TPSA) is 42.4 Å². The van der Waals surface area contributed by atoms with Gasteiger partial charge >= 0.3 is 0 Å². The molecule has 1 aliphatic rings. The average molecular weight is 264 g/mol. The van der Waals surface area contributed by atoms with Crippen LogP contribution in [-0.4, -0.2) is 24.0 Å². The van der Waals surface area contributed by atoms with Crippen molar-refractivity contribution in [1.29, 1.82) is 0 Å². The van der Waals surface area contributed by atoms with Gasteiger partial charge in [-0.3, -0.25) is 4.90 Å². The molecule has 3 atom stereocenters. The van der Waals surface area contributed by atoms with E-state index in [-0.39, 0.29) is 12.1 Å². The molecule has 2 rings (SSSR count). The Morgan fingerprint density at radius 3 is 2.63 bits per heavy atom.